The predicted molar refractivity (Wildman–Crippen MR) is 132 cm³/mol. The van der Waals surface area contributed by atoms with Crippen molar-refractivity contribution in [2.45, 2.75) is 110 Å². The zero-order chi connectivity index (χ0) is 23.5. The quantitative estimate of drug-likeness (QED) is 0.480. The molecule has 3 fully saturated rings. The Labute approximate surface area is 195 Å². The van der Waals surface area contributed by atoms with Gasteiger partial charge in [-0.3, -0.25) is 0 Å². The maximum atomic E-state index is 10.5. The maximum Gasteiger partial charge on any atom is 0.0811 e. The van der Waals surface area contributed by atoms with Crippen LogP contribution in [0, 0.1) is 35.0 Å². The van der Waals surface area contributed by atoms with Crippen molar-refractivity contribution < 1.29 is 15.3 Å². The molecule has 0 aromatic rings. The highest BCUT2D eigenvalue weighted by Gasteiger charge is 2.50. The van der Waals surface area contributed by atoms with Gasteiger partial charge in [-0.25, -0.2) is 0 Å². The first-order valence-electron chi connectivity index (χ1n) is 12.8. The van der Waals surface area contributed by atoms with Crippen LogP contribution in [0.5, 0.6) is 0 Å². The summed E-state index contributed by atoms with van der Waals surface area (Å²) in [4.78, 5) is 0. The van der Waals surface area contributed by atoms with Crippen molar-refractivity contribution in [3.8, 4) is 11.8 Å². The number of rotatable bonds is 5. The fraction of sp³-hybridized carbons (Fsp3) is 0.724. The SMILES string of the molecule is C=C1/C(=C\C=C2/CCC[C@]3(C)[C@@H]([C@@H](C)C#CCC(O)(CC)CC)CC[C@@H]23)C[C@@H](O)C[C@@H]1O. The van der Waals surface area contributed by atoms with Gasteiger partial charge in [0.05, 0.1) is 17.8 Å². The van der Waals surface area contributed by atoms with Gasteiger partial charge in [0.15, 0.2) is 0 Å². The molecule has 0 spiro atoms. The average molecular weight is 441 g/mol. The van der Waals surface area contributed by atoms with Gasteiger partial charge in [-0.1, -0.05) is 57.9 Å². The Kier molecular flexibility index (Phi) is 8.13. The van der Waals surface area contributed by atoms with Gasteiger partial charge in [-0.15, -0.1) is 5.92 Å². The first-order chi connectivity index (χ1) is 15.1. The predicted octanol–water partition coefficient (Wildman–Crippen LogP) is 5.71. The first kappa shape index (κ1) is 25.3. The van der Waals surface area contributed by atoms with E-state index in [0.717, 1.165) is 30.4 Å². The summed E-state index contributed by atoms with van der Waals surface area (Å²) in [6.45, 7) is 12.9. The minimum Gasteiger partial charge on any atom is -0.393 e. The molecule has 0 saturated heterocycles. The van der Waals surface area contributed by atoms with Crippen molar-refractivity contribution in [2.75, 3.05) is 0 Å². The summed E-state index contributed by atoms with van der Waals surface area (Å²) in [6, 6.07) is 0. The Balaban J connectivity index is 1.74. The number of hydrogen-bond donors (Lipinski definition) is 3. The molecule has 3 N–H and O–H groups in total. The molecule has 0 amide bonds. The van der Waals surface area contributed by atoms with Gasteiger partial charge in [-0.05, 0) is 79.8 Å². The van der Waals surface area contributed by atoms with Gasteiger partial charge in [0.1, 0.15) is 0 Å². The second-order valence-corrected chi connectivity index (χ2v) is 10.9. The van der Waals surface area contributed by atoms with Crippen LogP contribution >= 0.6 is 0 Å². The lowest BCUT2D eigenvalue weighted by atomic mass is 9.61. The lowest BCUT2D eigenvalue weighted by molar-refractivity contribution is 0.0374. The molecule has 3 nitrogen and oxygen atoms in total. The number of aliphatic hydroxyl groups is 3. The van der Waals surface area contributed by atoms with E-state index in [1.165, 1.54) is 31.3 Å². The summed E-state index contributed by atoms with van der Waals surface area (Å²) in [7, 11) is 0. The van der Waals surface area contributed by atoms with Gasteiger partial charge in [0.2, 0.25) is 0 Å². The van der Waals surface area contributed by atoms with Gasteiger partial charge in [0.25, 0.3) is 0 Å². The van der Waals surface area contributed by atoms with Crippen molar-refractivity contribution in [3.05, 3.63) is 35.5 Å². The lowest BCUT2D eigenvalue weighted by Crippen LogP contribution is -2.35. The van der Waals surface area contributed by atoms with Crippen LogP contribution in [0.3, 0.4) is 0 Å². The molecule has 3 heteroatoms. The highest BCUT2D eigenvalue weighted by atomic mass is 16.3. The fourth-order valence-corrected chi connectivity index (χ4v) is 6.54. The van der Waals surface area contributed by atoms with Crippen molar-refractivity contribution in [3.63, 3.8) is 0 Å². The largest absolute Gasteiger partial charge is 0.393 e. The lowest BCUT2D eigenvalue weighted by Gasteiger charge is -2.43. The zero-order valence-corrected chi connectivity index (χ0v) is 20.7. The van der Waals surface area contributed by atoms with E-state index < -0.39 is 17.8 Å². The van der Waals surface area contributed by atoms with E-state index in [1.54, 1.807) is 0 Å². The third kappa shape index (κ3) is 5.24. The minimum atomic E-state index is -0.645. The topological polar surface area (TPSA) is 60.7 Å². The van der Waals surface area contributed by atoms with E-state index in [1.807, 2.05) is 13.8 Å². The molecule has 0 heterocycles. The molecule has 0 aliphatic heterocycles. The standard InChI is InChI=1S/C29H44O3/c1-6-29(32,7-2)17-8-10-20(3)25-14-15-26-22(11-9-16-28(25,26)5)12-13-23-18-24(30)19-27(31)21(23)4/h12-13,20,24-27,30-32H,4,6-7,9,11,14-19H2,1-3,5H3/b22-12+,23-13-/t20-,24+,25+,26-,27-,28+/m0/s1. The van der Waals surface area contributed by atoms with Crippen LogP contribution in [0.15, 0.2) is 35.5 Å². The van der Waals surface area contributed by atoms with Crippen LogP contribution in [-0.2, 0) is 0 Å². The Morgan fingerprint density at radius 2 is 1.94 bits per heavy atom. The second-order valence-electron chi connectivity index (χ2n) is 10.9. The van der Waals surface area contributed by atoms with E-state index in [9.17, 15) is 15.3 Å². The van der Waals surface area contributed by atoms with Crippen LogP contribution in [0.4, 0.5) is 0 Å². The third-order valence-corrected chi connectivity index (χ3v) is 8.97. The van der Waals surface area contributed by atoms with Crippen LogP contribution in [0.25, 0.3) is 0 Å². The Morgan fingerprint density at radius 3 is 2.62 bits per heavy atom. The fourth-order valence-electron chi connectivity index (χ4n) is 6.54. The Hall–Kier alpha value is -1.34. The normalized spacial score (nSPS) is 36.7. The molecule has 0 radical (unpaired) electrons. The van der Waals surface area contributed by atoms with Crippen LogP contribution in [-0.4, -0.2) is 33.1 Å². The van der Waals surface area contributed by atoms with Crippen LogP contribution in [0.1, 0.15) is 91.9 Å². The molecule has 0 aromatic heterocycles. The van der Waals surface area contributed by atoms with E-state index in [2.05, 4.69) is 44.4 Å². The summed E-state index contributed by atoms with van der Waals surface area (Å²) < 4.78 is 0. The number of allylic oxidation sites excluding steroid dienone is 3. The van der Waals surface area contributed by atoms with Crippen molar-refractivity contribution in [2.24, 2.45) is 23.2 Å². The molecule has 0 bridgehead atoms. The van der Waals surface area contributed by atoms with Crippen LogP contribution in [0.2, 0.25) is 0 Å². The molecule has 0 unspecified atom stereocenters. The number of hydrogen-bond acceptors (Lipinski definition) is 3. The van der Waals surface area contributed by atoms with E-state index in [0.29, 0.717) is 37.0 Å². The average Bonchev–Trinajstić information content (AvgIpc) is 3.12. The smallest absolute Gasteiger partial charge is 0.0811 e. The van der Waals surface area contributed by atoms with E-state index >= 15 is 0 Å². The van der Waals surface area contributed by atoms with Gasteiger partial charge in [-0.2, -0.15) is 0 Å². The summed E-state index contributed by atoms with van der Waals surface area (Å²) in [5, 5.41) is 30.7. The highest BCUT2D eigenvalue weighted by Crippen LogP contribution is 2.59. The van der Waals surface area contributed by atoms with Crippen molar-refractivity contribution in [1.29, 1.82) is 0 Å². The summed E-state index contributed by atoms with van der Waals surface area (Å²) >= 11 is 0. The Bertz CT molecular complexity index is 806. The molecule has 3 saturated carbocycles. The van der Waals surface area contributed by atoms with Gasteiger partial charge < -0.3 is 15.3 Å². The van der Waals surface area contributed by atoms with E-state index in [4.69, 9.17) is 0 Å². The molecular weight excluding hydrogens is 396 g/mol. The maximum absolute atomic E-state index is 10.5. The molecule has 32 heavy (non-hydrogen) atoms. The molecule has 3 aliphatic rings. The number of aliphatic hydroxyl groups excluding tert-OH is 2. The monoisotopic (exact) mass is 440 g/mol. The second kappa shape index (κ2) is 10.3. The summed E-state index contributed by atoms with van der Waals surface area (Å²) in [5.41, 5.74) is 2.89. The zero-order valence-electron chi connectivity index (χ0n) is 20.7. The van der Waals surface area contributed by atoms with Crippen molar-refractivity contribution in [1.82, 2.24) is 0 Å². The summed E-state index contributed by atoms with van der Waals surface area (Å²) in [5.74, 6) is 8.34. The van der Waals surface area contributed by atoms with Gasteiger partial charge in [0, 0.05) is 18.8 Å². The Morgan fingerprint density at radius 1 is 1.22 bits per heavy atom. The van der Waals surface area contributed by atoms with Crippen LogP contribution < -0.4 is 0 Å². The third-order valence-electron chi connectivity index (χ3n) is 8.97. The molecule has 0 aromatic carbocycles. The molecule has 178 valence electrons. The highest BCUT2D eigenvalue weighted by molar-refractivity contribution is 5.38. The molecule has 3 rings (SSSR count). The van der Waals surface area contributed by atoms with Crippen molar-refractivity contribution >= 4 is 0 Å². The van der Waals surface area contributed by atoms with E-state index in [-0.39, 0.29) is 5.41 Å². The summed E-state index contributed by atoms with van der Waals surface area (Å²) in [6.07, 6.45) is 12.3. The molecular formula is C29H44O3. The minimum absolute atomic E-state index is 0.269. The molecule has 6 atom stereocenters. The number of fused-ring (bicyclic) bond motifs is 1. The molecule has 3 aliphatic carbocycles. The van der Waals surface area contributed by atoms with Gasteiger partial charge >= 0.3 is 0 Å². The first-order valence-corrected chi connectivity index (χ1v) is 12.8.